The summed E-state index contributed by atoms with van der Waals surface area (Å²) in [5.74, 6) is 0.112. The van der Waals surface area contributed by atoms with Gasteiger partial charge in [-0.25, -0.2) is 0 Å². The van der Waals surface area contributed by atoms with E-state index in [-0.39, 0.29) is 11.4 Å². The van der Waals surface area contributed by atoms with Gasteiger partial charge in [0.05, 0.1) is 11.5 Å². The highest BCUT2D eigenvalue weighted by molar-refractivity contribution is 5.36. The van der Waals surface area contributed by atoms with Gasteiger partial charge in [-0.1, -0.05) is 0 Å². The molecule has 0 aromatic heterocycles. The van der Waals surface area contributed by atoms with Gasteiger partial charge in [-0.2, -0.15) is 0 Å². The van der Waals surface area contributed by atoms with Gasteiger partial charge >= 0.3 is 0 Å². The highest BCUT2D eigenvalue weighted by Crippen LogP contribution is 2.26. The van der Waals surface area contributed by atoms with Crippen LogP contribution in [0.4, 0.5) is 5.69 Å². The van der Waals surface area contributed by atoms with Crippen LogP contribution < -0.4 is 4.74 Å². The number of hydrogen-bond acceptors (Lipinski definition) is 9. The van der Waals surface area contributed by atoms with Gasteiger partial charge in [0.1, 0.15) is 36.3 Å². The van der Waals surface area contributed by atoms with E-state index in [1.807, 2.05) is 0 Å². The maximum atomic E-state index is 10.6. The Hall–Kier alpha value is -1.82. The molecule has 128 valence electrons. The van der Waals surface area contributed by atoms with E-state index in [9.17, 15) is 30.5 Å². The van der Waals surface area contributed by atoms with E-state index in [1.165, 1.54) is 24.3 Å². The monoisotopic (exact) mass is 331 g/mol. The predicted molar refractivity (Wildman–Crippen MR) is 73.5 cm³/mol. The van der Waals surface area contributed by atoms with Crippen molar-refractivity contribution in [2.75, 3.05) is 6.61 Å². The van der Waals surface area contributed by atoms with Crippen LogP contribution in [0.5, 0.6) is 5.75 Å². The predicted octanol–water partition coefficient (Wildman–Crippen LogP) is -1.87. The van der Waals surface area contributed by atoms with Crippen molar-refractivity contribution in [3.8, 4) is 5.75 Å². The number of rotatable bonds is 5. The van der Waals surface area contributed by atoms with Crippen molar-refractivity contribution in [2.45, 2.75) is 36.8 Å². The average molecular weight is 331 g/mol. The van der Waals surface area contributed by atoms with Crippen LogP contribution in [0, 0.1) is 10.1 Å². The van der Waals surface area contributed by atoms with Gasteiger partial charge in [0.2, 0.25) is 6.29 Å². The van der Waals surface area contributed by atoms with E-state index in [4.69, 9.17) is 14.6 Å². The number of nitrogens with zero attached hydrogens (tertiary/aromatic N) is 1. The maximum absolute atomic E-state index is 10.6. The lowest BCUT2D eigenvalue weighted by Crippen LogP contribution is -2.62. The van der Waals surface area contributed by atoms with Crippen molar-refractivity contribution in [3.63, 3.8) is 0 Å². The third-order valence-corrected chi connectivity index (χ3v) is 3.47. The molecule has 2 rings (SSSR count). The first-order valence-electron chi connectivity index (χ1n) is 6.75. The highest BCUT2D eigenvalue weighted by Gasteiger charge is 2.47. The van der Waals surface area contributed by atoms with Crippen molar-refractivity contribution < 1.29 is 39.9 Å². The summed E-state index contributed by atoms with van der Waals surface area (Å²) < 4.78 is 10.5. The van der Waals surface area contributed by atoms with Gasteiger partial charge < -0.3 is 35.0 Å². The second-order valence-electron chi connectivity index (χ2n) is 5.06. The molecule has 1 saturated heterocycles. The molecule has 10 heteroatoms. The number of aliphatic hydroxyl groups is 5. The number of nitro groups is 1. The van der Waals surface area contributed by atoms with E-state index < -0.39 is 48.3 Å². The molecule has 10 nitrogen and oxygen atoms in total. The van der Waals surface area contributed by atoms with Crippen LogP contribution in [0.1, 0.15) is 0 Å². The Bertz CT molecular complexity index is 537. The Morgan fingerprint density at radius 1 is 1.17 bits per heavy atom. The summed E-state index contributed by atoms with van der Waals surface area (Å²) >= 11 is 0. The molecule has 1 heterocycles. The van der Waals surface area contributed by atoms with E-state index in [0.717, 1.165) is 0 Å². The van der Waals surface area contributed by atoms with Gasteiger partial charge in [0.15, 0.2) is 0 Å². The van der Waals surface area contributed by atoms with Crippen molar-refractivity contribution >= 4 is 5.69 Å². The molecule has 1 aliphatic rings. The molecule has 0 saturated carbocycles. The minimum atomic E-state index is -1.67. The van der Waals surface area contributed by atoms with E-state index >= 15 is 0 Å². The van der Waals surface area contributed by atoms with E-state index in [2.05, 4.69) is 0 Å². The van der Waals surface area contributed by atoms with Crippen molar-refractivity contribution in [1.29, 1.82) is 0 Å². The summed E-state index contributed by atoms with van der Waals surface area (Å²) in [6.45, 7) is -0.727. The third kappa shape index (κ3) is 3.75. The van der Waals surface area contributed by atoms with Crippen molar-refractivity contribution in [3.05, 3.63) is 34.4 Å². The second kappa shape index (κ2) is 7.17. The van der Waals surface area contributed by atoms with Crippen LogP contribution in [0.2, 0.25) is 0 Å². The number of nitro benzene ring substituents is 1. The summed E-state index contributed by atoms with van der Waals surface area (Å²) in [6.07, 6.45) is -9.22. The lowest BCUT2D eigenvalue weighted by atomic mass is 9.95. The van der Waals surface area contributed by atoms with Crippen LogP contribution in [0.15, 0.2) is 24.3 Å². The molecule has 0 aliphatic carbocycles. The minimum Gasteiger partial charge on any atom is -0.462 e. The lowest BCUT2D eigenvalue weighted by Gasteiger charge is -2.41. The van der Waals surface area contributed by atoms with Crippen molar-refractivity contribution in [1.82, 2.24) is 0 Å². The molecule has 0 bridgehead atoms. The Morgan fingerprint density at radius 2 is 1.78 bits per heavy atom. The summed E-state index contributed by atoms with van der Waals surface area (Å²) in [5.41, 5.74) is -0.161. The number of benzene rings is 1. The van der Waals surface area contributed by atoms with Crippen molar-refractivity contribution in [2.24, 2.45) is 0 Å². The molecule has 23 heavy (non-hydrogen) atoms. The zero-order valence-corrected chi connectivity index (χ0v) is 11.8. The molecule has 5 unspecified atom stereocenters. The van der Waals surface area contributed by atoms with Gasteiger partial charge in [0, 0.05) is 12.1 Å². The van der Waals surface area contributed by atoms with E-state index in [0.29, 0.717) is 0 Å². The lowest BCUT2D eigenvalue weighted by molar-refractivity contribution is -0.384. The fraction of sp³-hybridized carbons (Fsp3) is 0.538. The van der Waals surface area contributed by atoms with Gasteiger partial charge in [0.25, 0.3) is 5.69 Å². The number of non-ortho nitro benzene ring substituents is 1. The molecule has 1 aromatic carbocycles. The summed E-state index contributed by atoms with van der Waals surface area (Å²) in [4.78, 5) is 9.98. The topological polar surface area (TPSA) is 163 Å². The molecular formula is C13H17NO9. The molecule has 1 fully saturated rings. The molecule has 0 radical (unpaired) electrons. The number of aliphatic hydroxyl groups excluding tert-OH is 5. The third-order valence-electron chi connectivity index (χ3n) is 3.47. The fourth-order valence-corrected chi connectivity index (χ4v) is 2.17. The molecule has 1 aliphatic heterocycles. The van der Waals surface area contributed by atoms with E-state index in [1.54, 1.807) is 0 Å². The highest BCUT2D eigenvalue weighted by atomic mass is 16.7. The maximum Gasteiger partial charge on any atom is 0.269 e. The smallest absolute Gasteiger partial charge is 0.269 e. The molecule has 0 amide bonds. The molecule has 1 aromatic rings. The number of hydrogen-bond donors (Lipinski definition) is 5. The zero-order chi connectivity index (χ0) is 17.1. The Morgan fingerprint density at radius 3 is 2.30 bits per heavy atom. The first kappa shape index (κ1) is 17.5. The van der Waals surface area contributed by atoms with Gasteiger partial charge in [-0.05, 0) is 12.1 Å². The molecule has 5 N–H and O–H groups in total. The van der Waals surface area contributed by atoms with Crippen LogP contribution in [0.25, 0.3) is 0 Å². The van der Waals surface area contributed by atoms with Crippen LogP contribution in [-0.4, -0.2) is 73.9 Å². The van der Waals surface area contributed by atoms with Crippen LogP contribution in [-0.2, 0) is 4.74 Å². The fourth-order valence-electron chi connectivity index (χ4n) is 2.17. The SMILES string of the molecule is O=[N+]([O-])c1ccc(O[C@H]2OC(C(O)CO)C(O)C(O)C2O)cc1. The van der Waals surface area contributed by atoms with Crippen LogP contribution >= 0.6 is 0 Å². The summed E-state index contributed by atoms with van der Waals surface area (Å²) in [5, 5.41) is 58.5. The standard InChI is InChI=1S/C13H17NO9/c15-5-8(16)12-10(18)9(17)11(19)13(23-12)22-7-3-1-6(2-4-7)14(20)21/h1-4,8-13,15-19H,5H2/t8?,9?,10?,11?,12?,13-/m0/s1. The zero-order valence-electron chi connectivity index (χ0n) is 11.8. The van der Waals surface area contributed by atoms with Gasteiger partial charge in [-0.15, -0.1) is 0 Å². The van der Waals surface area contributed by atoms with Crippen LogP contribution in [0.3, 0.4) is 0 Å². The first-order chi connectivity index (χ1) is 10.8. The van der Waals surface area contributed by atoms with Gasteiger partial charge in [-0.3, -0.25) is 10.1 Å². The summed E-state index contributed by atoms with van der Waals surface area (Å²) in [7, 11) is 0. The average Bonchev–Trinajstić information content (AvgIpc) is 2.55. The Labute approximate surface area is 130 Å². The first-order valence-corrected chi connectivity index (χ1v) is 6.75. The minimum absolute atomic E-state index is 0.112. The number of ether oxygens (including phenoxy) is 2. The molecule has 6 atom stereocenters. The molecule has 0 spiro atoms. The second-order valence-corrected chi connectivity index (χ2v) is 5.06. The summed E-state index contributed by atoms with van der Waals surface area (Å²) in [6, 6.07) is 4.89. The quantitative estimate of drug-likeness (QED) is 0.307. The Balaban J connectivity index is 2.12. The Kier molecular flexibility index (Phi) is 5.46. The normalized spacial score (nSPS) is 32.3. The largest absolute Gasteiger partial charge is 0.462 e. The molecular weight excluding hydrogens is 314 g/mol.